The van der Waals surface area contributed by atoms with E-state index in [1.165, 1.54) is 5.56 Å². The predicted octanol–water partition coefficient (Wildman–Crippen LogP) is 2.81. The smallest absolute Gasteiger partial charge is 0.226 e. The number of benzene rings is 1. The largest absolute Gasteiger partial charge is 0.336 e. The van der Waals surface area contributed by atoms with Crippen LogP contribution in [-0.4, -0.2) is 29.4 Å². The van der Waals surface area contributed by atoms with Gasteiger partial charge in [-0.25, -0.2) is 0 Å². The summed E-state index contributed by atoms with van der Waals surface area (Å²) in [6, 6.07) is 11.0. The van der Waals surface area contributed by atoms with Crippen molar-refractivity contribution >= 4 is 5.91 Å². The number of carbonyl (C=O) groups excluding carboxylic acids is 1. The minimum Gasteiger partial charge on any atom is -0.336 e. The van der Waals surface area contributed by atoms with E-state index in [4.69, 9.17) is 0 Å². The highest BCUT2D eigenvalue weighted by Crippen LogP contribution is 2.21. The molecule has 2 atom stereocenters. The number of nitrogens with zero attached hydrogens (tertiary/aromatic N) is 1. The fourth-order valence-corrected chi connectivity index (χ4v) is 2.89. The van der Waals surface area contributed by atoms with Gasteiger partial charge in [0.05, 0.1) is 0 Å². The number of amides is 1. The Labute approximate surface area is 122 Å². The summed E-state index contributed by atoms with van der Waals surface area (Å²) in [5.74, 6) is 0.495. The first-order valence-corrected chi connectivity index (χ1v) is 7.65. The van der Waals surface area contributed by atoms with Crippen molar-refractivity contribution in [3.8, 4) is 0 Å². The molecule has 0 saturated carbocycles. The summed E-state index contributed by atoms with van der Waals surface area (Å²) in [7, 11) is 0. The summed E-state index contributed by atoms with van der Waals surface area (Å²) in [6.45, 7) is 8.04. The molecule has 1 aliphatic rings. The van der Waals surface area contributed by atoms with Gasteiger partial charge in [-0.05, 0) is 45.7 Å². The van der Waals surface area contributed by atoms with E-state index in [0.29, 0.717) is 11.9 Å². The summed E-state index contributed by atoms with van der Waals surface area (Å²) in [6.07, 6.45) is 1.91. The van der Waals surface area contributed by atoms with Crippen LogP contribution < -0.4 is 5.32 Å². The van der Waals surface area contributed by atoms with Crippen molar-refractivity contribution in [2.24, 2.45) is 5.92 Å². The van der Waals surface area contributed by atoms with Gasteiger partial charge in [0, 0.05) is 24.5 Å². The van der Waals surface area contributed by atoms with Gasteiger partial charge in [-0.15, -0.1) is 0 Å². The Hall–Kier alpha value is -1.35. The third-order valence-corrected chi connectivity index (χ3v) is 4.08. The molecule has 1 fully saturated rings. The normalized spacial score (nSPS) is 22.8. The van der Waals surface area contributed by atoms with E-state index in [1.54, 1.807) is 0 Å². The van der Waals surface area contributed by atoms with Gasteiger partial charge in [0.2, 0.25) is 5.91 Å². The summed E-state index contributed by atoms with van der Waals surface area (Å²) in [5, 5.41) is 3.41. The van der Waals surface area contributed by atoms with Gasteiger partial charge in [-0.3, -0.25) is 4.79 Å². The van der Waals surface area contributed by atoms with Crippen molar-refractivity contribution in [1.82, 2.24) is 10.2 Å². The molecule has 1 aromatic carbocycles. The third kappa shape index (κ3) is 3.83. The maximum absolute atomic E-state index is 12.8. The molecule has 1 saturated heterocycles. The Bertz CT molecular complexity index is 430. The average Bonchev–Trinajstić information content (AvgIpc) is 2.45. The molecule has 0 bridgehead atoms. The Morgan fingerprint density at radius 1 is 1.35 bits per heavy atom. The van der Waals surface area contributed by atoms with Crippen molar-refractivity contribution in [3.05, 3.63) is 35.9 Å². The van der Waals surface area contributed by atoms with E-state index in [2.05, 4.69) is 38.2 Å². The fraction of sp³-hybridized carbons (Fsp3) is 0.588. The van der Waals surface area contributed by atoms with Crippen LogP contribution in [0.1, 0.15) is 39.2 Å². The van der Waals surface area contributed by atoms with Crippen molar-refractivity contribution in [2.75, 3.05) is 6.54 Å². The van der Waals surface area contributed by atoms with Crippen molar-refractivity contribution in [1.29, 1.82) is 0 Å². The SMILES string of the molecule is CC1CC(C(=O)N(Cc2ccccc2)C(C)C)CCN1. The van der Waals surface area contributed by atoms with E-state index in [0.717, 1.165) is 25.9 Å². The van der Waals surface area contributed by atoms with Crippen molar-refractivity contribution < 1.29 is 4.79 Å². The van der Waals surface area contributed by atoms with E-state index < -0.39 is 0 Å². The van der Waals surface area contributed by atoms with Crippen molar-refractivity contribution in [3.63, 3.8) is 0 Å². The first-order chi connectivity index (χ1) is 9.58. The zero-order valence-corrected chi connectivity index (χ0v) is 12.8. The summed E-state index contributed by atoms with van der Waals surface area (Å²) in [4.78, 5) is 14.8. The number of hydrogen-bond acceptors (Lipinski definition) is 2. The summed E-state index contributed by atoms with van der Waals surface area (Å²) in [5.41, 5.74) is 1.21. The molecular weight excluding hydrogens is 248 g/mol. The summed E-state index contributed by atoms with van der Waals surface area (Å²) < 4.78 is 0. The Kier molecular flexibility index (Phi) is 5.18. The van der Waals surface area contributed by atoms with E-state index in [1.807, 2.05) is 23.1 Å². The van der Waals surface area contributed by atoms with Gasteiger partial charge >= 0.3 is 0 Å². The maximum Gasteiger partial charge on any atom is 0.226 e. The van der Waals surface area contributed by atoms with Crippen LogP contribution in [0.25, 0.3) is 0 Å². The number of piperidine rings is 1. The minimum absolute atomic E-state index is 0.178. The molecule has 1 amide bonds. The van der Waals surface area contributed by atoms with Crippen molar-refractivity contribution in [2.45, 2.75) is 52.2 Å². The van der Waals surface area contributed by atoms with Crippen LogP contribution >= 0.6 is 0 Å². The lowest BCUT2D eigenvalue weighted by atomic mass is 9.91. The zero-order chi connectivity index (χ0) is 14.5. The topological polar surface area (TPSA) is 32.3 Å². The van der Waals surface area contributed by atoms with Crippen LogP contribution in [0, 0.1) is 5.92 Å². The molecule has 3 nitrogen and oxygen atoms in total. The second-order valence-electron chi connectivity index (χ2n) is 6.12. The van der Waals surface area contributed by atoms with Gasteiger partial charge in [0.15, 0.2) is 0 Å². The Balaban J connectivity index is 2.06. The predicted molar refractivity (Wildman–Crippen MR) is 82.3 cm³/mol. The van der Waals surface area contributed by atoms with Crippen LogP contribution in [0.4, 0.5) is 0 Å². The van der Waals surface area contributed by atoms with E-state index >= 15 is 0 Å². The van der Waals surface area contributed by atoms with Gasteiger partial charge in [-0.2, -0.15) is 0 Å². The lowest BCUT2D eigenvalue weighted by Crippen LogP contribution is -2.46. The monoisotopic (exact) mass is 274 g/mol. The second-order valence-corrected chi connectivity index (χ2v) is 6.12. The van der Waals surface area contributed by atoms with Crippen LogP contribution in [-0.2, 0) is 11.3 Å². The molecule has 1 heterocycles. The highest BCUT2D eigenvalue weighted by Gasteiger charge is 2.29. The van der Waals surface area contributed by atoms with Gasteiger partial charge < -0.3 is 10.2 Å². The van der Waals surface area contributed by atoms with Crippen LogP contribution in [0.3, 0.4) is 0 Å². The molecule has 2 rings (SSSR count). The molecular formula is C17H26N2O. The molecule has 20 heavy (non-hydrogen) atoms. The summed E-state index contributed by atoms with van der Waals surface area (Å²) >= 11 is 0. The lowest BCUT2D eigenvalue weighted by Gasteiger charge is -2.34. The highest BCUT2D eigenvalue weighted by atomic mass is 16.2. The van der Waals surface area contributed by atoms with Gasteiger partial charge in [0.25, 0.3) is 0 Å². The average molecular weight is 274 g/mol. The number of nitrogens with one attached hydrogen (secondary N) is 1. The maximum atomic E-state index is 12.8. The quantitative estimate of drug-likeness (QED) is 0.915. The molecule has 0 radical (unpaired) electrons. The molecule has 0 spiro atoms. The number of carbonyl (C=O) groups is 1. The molecule has 3 heteroatoms. The minimum atomic E-state index is 0.178. The molecule has 1 aromatic rings. The zero-order valence-electron chi connectivity index (χ0n) is 12.8. The first-order valence-electron chi connectivity index (χ1n) is 7.65. The Morgan fingerprint density at radius 3 is 2.65 bits per heavy atom. The van der Waals surface area contributed by atoms with Crippen LogP contribution in [0.15, 0.2) is 30.3 Å². The Morgan fingerprint density at radius 2 is 2.05 bits per heavy atom. The molecule has 2 unspecified atom stereocenters. The second kappa shape index (κ2) is 6.89. The molecule has 1 aliphatic heterocycles. The number of hydrogen-bond donors (Lipinski definition) is 1. The van der Waals surface area contributed by atoms with E-state index in [9.17, 15) is 4.79 Å². The first kappa shape index (κ1) is 15.0. The van der Waals surface area contributed by atoms with Gasteiger partial charge in [-0.1, -0.05) is 30.3 Å². The molecule has 0 aliphatic carbocycles. The third-order valence-electron chi connectivity index (χ3n) is 4.08. The molecule has 1 N–H and O–H groups in total. The highest BCUT2D eigenvalue weighted by molar-refractivity contribution is 5.79. The van der Waals surface area contributed by atoms with E-state index in [-0.39, 0.29) is 12.0 Å². The van der Waals surface area contributed by atoms with Crippen LogP contribution in [0.5, 0.6) is 0 Å². The van der Waals surface area contributed by atoms with Crippen LogP contribution in [0.2, 0.25) is 0 Å². The lowest BCUT2D eigenvalue weighted by molar-refractivity contribution is -0.139. The molecule has 0 aromatic heterocycles. The fourth-order valence-electron chi connectivity index (χ4n) is 2.89. The van der Waals surface area contributed by atoms with Gasteiger partial charge in [0.1, 0.15) is 0 Å². The standard InChI is InChI=1S/C17H26N2O/c1-13(2)19(12-15-7-5-4-6-8-15)17(20)16-9-10-18-14(3)11-16/h4-8,13-14,16,18H,9-12H2,1-3H3. The molecule has 110 valence electrons. The number of rotatable bonds is 4.